The van der Waals surface area contributed by atoms with Crippen molar-refractivity contribution in [1.29, 1.82) is 0 Å². The van der Waals surface area contributed by atoms with Crippen LogP contribution in [0, 0.1) is 0 Å². The molecular formula is C17H15N. The molecule has 18 heavy (non-hydrogen) atoms. The molecule has 0 bridgehead atoms. The molecule has 1 aromatic heterocycles. The van der Waals surface area contributed by atoms with Crippen molar-refractivity contribution in [3.63, 3.8) is 0 Å². The van der Waals surface area contributed by atoms with Crippen LogP contribution in [0.25, 0.3) is 27.9 Å². The van der Waals surface area contributed by atoms with E-state index in [9.17, 15) is 0 Å². The van der Waals surface area contributed by atoms with Crippen LogP contribution < -0.4 is 0 Å². The third kappa shape index (κ3) is 1.16. The zero-order valence-corrected chi connectivity index (χ0v) is 10.5. The van der Waals surface area contributed by atoms with Crippen LogP contribution in [0.3, 0.4) is 0 Å². The van der Waals surface area contributed by atoms with Crippen molar-refractivity contribution < 1.29 is 0 Å². The first-order valence-electron chi connectivity index (χ1n) is 6.52. The second kappa shape index (κ2) is 3.49. The van der Waals surface area contributed by atoms with Gasteiger partial charge in [-0.15, -0.1) is 0 Å². The van der Waals surface area contributed by atoms with Gasteiger partial charge in [0.15, 0.2) is 0 Å². The highest BCUT2D eigenvalue weighted by atomic mass is 14.9. The quantitative estimate of drug-likeness (QED) is 0.546. The Kier molecular flexibility index (Phi) is 1.93. The maximum atomic E-state index is 2.33. The molecule has 0 N–H and O–H groups in total. The average molecular weight is 233 g/mol. The molecule has 0 saturated heterocycles. The summed E-state index contributed by atoms with van der Waals surface area (Å²) in [6.07, 6.45) is 6.92. The zero-order chi connectivity index (χ0) is 12.1. The fourth-order valence-electron chi connectivity index (χ4n) is 3.19. The molecule has 88 valence electrons. The van der Waals surface area contributed by atoms with Crippen molar-refractivity contribution in [2.45, 2.75) is 12.8 Å². The maximum absolute atomic E-state index is 2.33. The summed E-state index contributed by atoms with van der Waals surface area (Å²) in [5, 5.41) is 2.73. The van der Waals surface area contributed by atoms with Crippen LogP contribution in [-0.4, -0.2) is 4.57 Å². The minimum absolute atomic E-state index is 1.17. The van der Waals surface area contributed by atoms with Crippen LogP contribution in [-0.2, 0) is 13.5 Å². The highest BCUT2D eigenvalue weighted by Crippen LogP contribution is 2.34. The number of hydrogen-bond acceptors (Lipinski definition) is 0. The third-order valence-corrected chi connectivity index (χ3v) is 4.06. The SMILES string of the molecule is Cn1c2ccccc2c2ccc3c(c21)C=CCC3. The molecule has 4 rings (SSSR count). The van der Waals surface area contributed by atoms with Crippen LogP contribution in [0.15, 0.2) is 42.5 Å². The van der Waals surface area contributed by atoms with Crippen molar-refractivity contribution in [1.82, 2.24) is 4.57 Å². The molecule has 3 aromatic rings. The molecule has 0 unspecified atom stereocenters. The van der Waals surface area contributed by atoms with Gasteiger partial charge in [0.1, 0.15) is 0 Å². The Hall–Kier alpha value is -2.02. The smallest absolute Gasteiger partial charge is 0.0564 e. The highest BCUT2D eigenvalue weighted by Gasteiger charge is 2.14. The molecule has 0 saturated carbocycles. The Balaban J connectivity index is 2.27. The molecule has 0 spiro atoms. The molecule has 2 aromatic carbocycles. The van der Waals surface area contributed by atoms with Gasteiger partial charge in [-0.1, -0.05) is 42.5 Å². The number of allylic oxidation sites excluding steroid dienone is 1. The fraction of sp³-hybridized carbons (Fsp3) is 0.176. The Morgan fingerprint density at radius 2 is 1.89 bits per heavy atom. The average Bonchev–Trinajstić information content (AvgIpc) is 2.73. The number of benzene rings is 2. The molecule has 0 atom stereocenters. The Bertz CT molecular complexity index is 790. The lowest BCUT2D eigenvalue weighted by Gasteiger charge is -2.12. The van der Waals surface area contributed by atoms with Crippen molar-refractivity contribution in [2.24, 2.45) is 7.05 Å². The van der Waals surface area contributed by atoms with E-state index in [2.05, 4.69) is 60.2 Å². The minimum atomic E-state index is 1.17. The van der Waals surface area contributed by atoms with Crippen molar-refractivity contribution in [2.75, 3.05) is 0 Å². The summed E-state index contributed by atoms with van der Waals surface area (Å²) < 4.78 is 2.33. The minimum Gasteiger partial charge on any atom is -0.343 e. The third-order valence-electron chi connectivity index (χ3n) is 4.06. The van der Waals surface area contributed by atoms with Gasteiger partial charge in [0, 0.05) is 28.9 Å². The first-order chi connectivity index (χ1) is 8.86. The van der Waals surface area contributed by atoms with Gasteiger partial charge in [0.2, 0.25) is 0 Å². The van der Waals surface area contributed by atoms with E-state index in [0.717, 1.165) is 0 Å². The van der Waals surface area contributed by atoms with Crippen LogP contribution in [0.5, 0.6) is 0 Å². The fourth-order valence-corrected chi connectivity index (χ4v) is 3.19. The lowest BCUT2D eigenvalue weighted by atomic mass is 9.95. The summed E-state index contributed by atoms with van der Waals surface area (Å²) in [7, 11) is 2.17. The standard InChI is InChI=1S/C17H15N/c1-18-16-9-5-4-8-14(16)15-11-10-12-6-2-3-7-13(12)17(15)18/h3-5,7-11H,2,6H2,1H3. The second-order valence-corrected chi connectivity index (χ2v) is 5.05. The molecular weight excluding hydrogens is 218 g/mol. The summed E-state index contributed by atoms with van der Waals surface area (Å²) in [5.74, 6) is 0. The molecule has 1 aliphatic rings. The number of rotatable bonds is 0. The van der Waals surface area contributed by atoms with E-state index in [0.29, 0.717) is 0 Å². The van der Waals surface area contributed by atoms with E-state index in [1.165, 1.54) is 45.8 Å². The molecule has 0 fully saturated rings. The van der Waals surface area contributed by atoms with E-state index < -0.39 is 0 Å². The van der Waals surface area contributed by atoms with Gasteiger partial charge < -0.3 is 4.57 Å². The van der Waals surface area contributed by atoms with Crippen LogP contribution in [0.2, 0.25) is 0 Å². The molecule has 1 nitrogen and oxygen atoms in total. The number of fused-ring (bicyclic) bond motifs is 5. The summed E-state index contributed by atoms with van der Waals surface area (Å²) in [5.41, 5.74) is 5.60. The summed E-state index contributed by atoms with van der Waals surface area (Å²) in [6, 6.07) is 13.2. The van der Waals surface area contributed by atoms with Gasteiger partial charge in [-0.25, -0.2) is 0 Å². The van der Waals surface area contributed by atoms with Gasteiger partial charge in [-0.3, -0.25) is 0 Å². The first kappa shape index (κ1) is 9.95. The van der Waals surface area contributed by atoms with Crippen molar-refractivity contribution >= 4 is 27.9 Å². The van der Waals surface area contributed by atoms with Gasteiger partial charge in [-0.2, -0.15) is 0 Å². The van der Waals surface area contributed by atoms with E-state index in [-0.39, 0.29) is 0 Å². The summed E-state index contributed by atoms with van der Waals surface area (Å²) >= 11 is 0. The van der Waals surface area contributed by atoms with Crippen molar-refractivity contribution in [3.05, 3.63) is 53.6 Å². The molecule has 1 heteroatoms. The zero-order valence-electron chi connectivity index (χ0n) is 10.5. The Morgan fingerprint density at radius 1 is 1.00 bits per heavy atom. The normalized spacial score (nSPS) is 14.3. The molecule has 0 radical (unpaired) electrons. The number of nitrogens with zero attached hydrogens (tertiary/aromatic N) is 1. The predicted octanol–water partition coefficient (Wildman–Crippen LogP) is 4.29. The number of hydrogen-bond donors (Lipinski definition) is 0. The Morgan fingerprint density at radius 3 is 2.83 bits per heavy atom. The van der Waals surface area contributed by atoms with Gasteiger partial charge in [0.05, 0.1) is 5.52 Å². The lowest BCUT2D eigenvalue weighted by molar-refractivity contribution is 0.972. The van der Waals surface area contributed by atoms with Crippen LogP contribution >= 0.6 is 0 Å². The van der Waals surface area contributed by atoms with E-state index >= 15 is 0 Å². The van der Waals surface area contributed by atoms with Crippen LogP contribution in [0.1, 0.15) is 17.5 Å². The molecule has 0 aliphatic heterocycles. The maximum Gasteiger partial charge on any atom is 0.0564 e. The van der Waals surface area contributed by atoms with Gasteiger partial charge in [-0.05, 0) is 24.5 Å². The monoisotopic (exact) mass is 233 g/mol. The number of aryl methyl sites for hydroxylation is 2. The van der Waals surface area contributed by atoms with E-state index in [4.69, 9.17) is 0 Å². The predicted molar refractivity (Wildman–Crippen MR) is 77.8 cm³/mol. The van der Waals surface area contributed by atoms with E-state index in [1.807, 2.05) is 0 Å². The molecule has 1 aliphatic carbocycles. The number of aromatic nitrogens is 1. The molecule has 0 amide bonds. The van der Waals surface area contributed by atoms with Gasteiger partial charge >= 0.3 is 0 Å². The Labute approximate surface area is 106 Å². The summed E-state index contributed by atoms with van der Waals surface area (Å²) in [4.78, 5) is 0. The molecule has 1 heterocycles. The lowest BCUT2D eigenvalue weighted by Crippen LogP contribution is -1.97. The summed E-state index contributed by atoms with van der Waals surface area (Å²) in [6.45, 7) is 0. The topological polar surface area (TPSA) is 4.93 Å². The number of para-hydroxylation sites is 1. The highest BCUT2D eigenvalue weighted by molar-refractivity contribution is 6.10. The van der Waals surface area contributed by atoms with Crippen LogP contribution in [0.4, 0.5) is 0 Å². The van der Waals surface area contributed by atoms with Crippen molar-refractivity contribution in [3.8, 4) is 0 Å². The van der Waals surface area contributed by atoms with E-state index in [1.54, 1.807) is 0 Å². The first-order valence-corrected chi connectivity index (χ1v) is 6.52. The second-order valence-electron chi connectivity index (χ2n) is 5.05. The van der Waals surface area contributed by atoms with Gasteiger partial charge in [0.25, 0.3) is 0 Å². The largest absolute Gasteiger partial charge is 0.343 e.